The summed E-state index contributed by atoms with van der Waals surface area (Å²) in [4.78, 5) is 29.2. The zero-order valence-electron chi connectivity index (χ0n) is 17.5. The average Bonchev–Trinajstić information content (AvgIpc) is 3.62. The maximum Gasteiger partial charge on any atom is 0.253 e. The van der Waals surface area contributed by atoms with Crippen LogP contribution in [0.4, 0.5) is 5.69 Å². The van der Waals surface area contributed by atoms with Crippen LogP contribution in [0.1, 0.15) is 35.2 Å². The van der Waals surface area contributed by atoms with Crippen molar-refractivity contribution >= 4 is 17.5 Å². The Balaban J connectivity index is 1.30. The Kier molecular flexibility index (Phi) is 6.33. The Morgan fingerprint density at radius 1 is 0.967 bits per heavy atom. The van der Waals surface area contributed by atoms with Gasteiger partial charge in [-0.1, -0.05) is 12.1 Å². The minimum absolute atomic E-state index is 0.0568. The number of nitrogens with zero attached hydrogens (tertiary/aromatic N) is 2. The molecule has 6 nitrogen and oxygen atoms in total. The van der Waals surface area contributed by atoms with Crippen LogP contribution >= 0.6 is 0 Å². The number of amides is 2. The molecule has 0 aromatic heterocycles. The van der Waals surface area contributed by atoms with Crippen LogP contribution < -0.4 is 10.1 Å². The van der Waals surface area contributed by atoms with Crippen molar-refractivity contribution in [3.05, 3.63) is 59.7 Å². The molecule has 30 heavy (non-hydrogen) atoms. The summed E-state index contributed by atoms with van der Waals surface area (Å²) in [7, 11) is 1.67. The maximum atomic E-state index is 12.9. The van der Waals surface area contributed by atoms with Crippen LogP contribution in [-0.2, 0) is 11.3 Å². The van der Waals surface area contributed by atoms with Crippen LogP contribution in [0.3, 0.4) is 0 Å². The van der Waals surface area contributed by atoms with Gasteiger partial charge < -0.3 is 15.0 Å². The lowest BCUT2D eigenvalue weighted by Crippen LogP contribution is -2.35. The topological polar surface area (TPSA) is 61.9 Å². The highest BCUT2D eigenvalue weighted by Gasteiger charge is 2.29. The molecular formula is C24H29N3O3. The van der Waals surface area contributed by atoms with Crippen LogP contribution in [0.15, 0.2) is 48.5 Å². The molecule has 1 aliphatic carbocycles. The molecule has 2 aromatic rings. The van der Waals surface area contributed by atoms with Gasteiger partial charge in [0.05, 0.1) is 7.11 Å². The Morgan fingerprint density at radius 2 is 1.70 bits per heavy atom. The van der Waals surface area contributed by atoms with Gasteiger partial charge in [-0.25, -0.2) is 0 Å². The van der Waals surface area contributed by atoms with Crippen LogP contribution in [-0.4, -0.2) is 54.9 Å². The summed E-state index contributed by atoms with van der Waals surface area (Å²) in [5.41, 5.74) is 2.67. The molecule has 2 aliphatic rings. The second kappa shape index (κ2) is 9.30. The van der Waals surface area contributed by atoms with Gasteiger partial charge in [0.2, 0.25) is 5.91 Å². The summed E-state index contributed by atoms with van der Waals surface area (Å²) in [6.45, 7) is 4.18. The highest BCUT2D eigenvalue weighted by molar-refractivity contribution is 5.96. The first kappa shape index (κ1) is 20.4. The van der Waals surface area contributed by atoms with Crippen LogP contribution in [0.5, 0.6) is 5.75 Å². The van der Waals surface area contributed by atoms with Crippen molar-refractivity contribution in [1.29, 1.82) is 0 Å². The number of hydrogen-bond donors (Lipinski definition) is 1. The largest absolute Gasteiger partial charge is 0.497 e. The smallest absolute Gasteiger partial charge is 0.253 e. The van der Waals surface area contributed by atoms with Gasteiger partial charge in [-0.3, -0.25) is 14.5 Å². The third kappa shape index (κ3) is 5.19. The second-order valence-electron chi connectivity index (χ2n) is 8.11. The van der Waals surface area contributed by atoms with E-state index in [1.165, 1.54) is 5.56 Å². The van der Waals surface area contributed by atoms with Gasteiger partial charge in [0.25, 0.3) is 5.91 Å². The first-order chi connectivity index (χ1) is 14.6. The third-order valence-corrected chi connectivity index (χ3v) is 5.79. The molecule has 2 aromatic carbocycles. The molecule has 0 spiro atoms. The van der Waals surface area contributed by atoms with Crippen molar-refractivity contribution in [2.24, 2.45) is 5.92 Å². The highest BCUT2D eigenvalue weighted by Crippen LogP contribution is 2.30. The fourth-order valence-corrected chi connectivity index (χ4v) is 3.79. The van der Waals surface area contributed by atoms with Crippen molar-refractivity contribution in [1.82, 2.24) is 9.80 Å². The van der Waals surface area contributed by atoms with E-state index in [9.17, 15) is 9.59 Å². The van der Waals surface area contributed by atoms with E-state index in [1.54, 1.807) is 7.11 Å². The molecule has 1 saturated heterocycles. The zero-order chi connectivity index (χ0) is 20.9. The maximum absolute atomic E-state index is 12.9. The first-order valence-corrected chi connectivity index (χ1v) is 10.7. The molecule has 0 unspecified atom stereocenters. The van der Waals surface area contributed by atoms with Crippen molar-refractivity contribution in [2.45, 2.75) is 25.8 Å². The molecule has 2 amide bonds. The summed E-state index contributed by atoms with van der Waals surface area (Å²) in [6.07, 6.45) is 2.91. The van der Waals surface area contributed by atoms with E-state index < -0.39 is 0 Å². The third-order valence-electron chi connectivity index (χ3n) is 5.79. The lowest BCUT2D eigenvalue weighted by Gasteiger charge is -2.22. The number of hydrogen-bond acceptors (Lipinski definition) is 4. The molecule has 158 valence electrons. The van der Waals surface area contributed by atoms with Gasteiger partial charge in [-0.05, 0) is 61.2 Å². The zero-order valence-corrected chi connectivity index (χ0v) is 17.5. The summed E-state index contributed by atoms with van der Waals surface area (Å²) in [5.74, 6) is 1.17. The van der Waals surface area contributed by atoms with E-state index in [-0.39, 0.29) is 17.7 Å². The molecule has 1 heterocycles. The van der Waals surface area contributed by atoms with E-state index in [0.29, 0.717) is 5.56 Å². The van der Waals surface area contributed by atoms with Gasteiger partial charge in [0.1, 0.15) is 5.75 Å². The molecule has 1 saturated carbocycles. The first-order valence-electron chi connectivity index (χ1n) is 10.7. The predicted molar refractivity (Wildman–Crippen MR) is 117 cm³/mol. The summed E-state index contributed by atoms with van der Waals surface area (Å²) >= 11 is 0. The molecule has 0 bridgehead atoms. The van der Waals surface area contributed by atoms with Crippen LogP contribution in [0.25, 0.3) is 0 Å². The summed E-state index contributed by atoms with van der Waals surface area (Å²) in [5, 5.41) is 2.92. The quantitative estimate of drug-likeness (QED) is 0.797. The predicted octanol–water partition coefficient (Wildman–Crippen LogP) is 3.39. The Morgan fingerprint density at radius 3 is 2.37 bits per heavy atom. The number of carbonyl (C=O) groups excluding carboxylic acids is 2. The minimum Gasteiger partial charge on any atom is -0.497 e. The molecule has 2 fully saturated rings. The lowest BCUT2D eigenvalue weighted by atomic mass is 10.1. The number of nitrogens with one attached hydrogen (secondary N) is 1. The van der Waals surface area contributed by atoms with Gasteiger partial charge in [-0.2, -0.15) is 0 Å². The number of ether oxygens (including phenoxy) is 1. The number of methoxy groups -OCH3 is 1. The Hall–Kier alpha value is -2.86. The standard InChI is InChI=1S/C24H29N3O3/c1-30-22-11-3-18(4-12-22)17-26-13-2-14-27(16-15-26)24(29)20-7-9-21(10-8-20)25-23(28)19-5-6-19/h3-4,7-12,19H,2,5-6,13-17H2,1H3,(H,25,28). The average molecular weight is 408 g/mol. The van der Waals surface area contributed by atoms with E-state index in [0.717, 1.165) is 63.4 Å². The molecule has 4 rings (SSSR count). The van der Waals surface area contributed by atoms with E-state index in [4.69, 9.17) is 4.74 Å². The molecule has 6 heteroatoms. The normalized spacial score (nSPS) is 17.3. The molecule has 0 atom stereocenters. The van der Waals surface area contributed by atoms with Crippen molar-refractivity contribution in [2.75, 3.05) is 38.6 Å². The lowest BCUT2D eigenvalue weighted by molar-refractivity contribution is -0.117. The van der Waals surface area contributed by atoms with Crippen LogP contribution in [0, 0.1) is 5.92 Å². The Labute approximate surface area is 177 Å². The van der Waals surface area contributed by atoms with Crippen molar-refractivity contribution < 1.29 is 14.3 Å². The van der Waals surface area contributed by atoms with Gasteiger partial charge >= 0.3 is 0 Å². The summed E-state index contributed by atoms with van der Waals surface area (Å²) < 4.78 is 5.22. The number of rotatable bonds is 6. The van der Waals surface area contributed by atoms with E-state index >= 15 is 0 Å². The van der Waals surface area contributed by atoms with E-state index in [2.05, 4.69) is 22.3 Å². The monoisotopic (exact) mass is 407 g/mol. The Bertz CT molecular complexity index is 876. The SMILES string of the molecule is COc1ccc(CN2CCCN(C(=O)c3ccc(NC(=O)C4CC4)cc3)CC2)cc1. The molecule has 0 radical (unpaired) electrons. The van der Waals surface area contributed by atoms with Gasteiger partial charge in [0, 0.05) is 49.9 Å². The van der Waals surface area contributed by atoms with Crippen molar-refractivity contribution in [3.63, 3.8) is 0 Å². The number of carbonyl (C=O) groups is 2. The summed E-state index contributed by atoms with van der Waals surface area (Å²) in [6, 6.07) is 15.4. The second-order valence-corrected chi connectivity index (χ2v) is 8.11. The minimum atomic E-state index is 0.0568. The molecule has 1 N–H and O–H groups in total. The highest BCUT2D eigenvalue weighted by atomic mass is 16.5. The van der Waals surface area contributed by atoms with Gasteiger partial charge in [-0.15, -0.1) is 0 Å². The molecule has 1 aliphatic heterocycles. The van der Waals surface area contributed by atoms with Gasteiger partial charge in [0.15, 0.2) is 0 Å². The van der Waals surface area contributed by atoms with E-state index in [1.807, 2.05) is 41.3 Å². The fourth-order valence-electron chi connectivity index (χ4n) is 3.79. The van der Waals surface area contributed by atoms with Crippen LogP contribution in [0.2, 0.25) is 0 Å². The molecular weight excluding hydrogens is 378 g/mol. The fraction of sp³-hybridized carbons (Fsp3) is 0.417. The number of anilines is 1. The number of benzene rings is 2. The van der Waals surface area contributed by atoms with Crippen molar-refractivity contribution in [3.8, 4) is 5.75 Å².